The Bertz CT molecular complexity index is 527. The van der Waals surface area contributed by atoms with Crippen molar-refractivity contribution in [3.8, 4) is 0 Å². The van der Waals surface area contributed by atoms with Gasteiger partial charge in [0.05, 0.1) is 9.82 Å². The van der Waals surface area contributed by atoms with Gasteiger partial charge in [0.1, 0.15) is 0 Å². The van der Waals surface area contributed by atoms with Crippen LogP contribution in [0.5, 0.6) is 0 Å². The molecular weight excluding hydrogens is 224 g/mol. The molecule has 0 amide bonds. The number of sulfonamides is 1. The summed E-state index contributed by atoms with van der Waals surface area (Å²) in [6.07, 6.45) is 0.897. The highest BCUT2D eigenvalue weighted by molar-refractivity contribution is 7.90. The van der Waals surface area contributed by atoms with Gasteiger partial charge < -0.3 is 0 Å². The summed E-state index contributed by atoms with van der Waals surface area (Å²) in [5.41, 5.74) is -0.246. The Morgan fingerprint density at radius 1 is 1.27 bits per heavy atom. The molecule has 0 fully saturated rings. The molecule has 0 saturated carbocycles. The van der Waals surface area contributed by atoms with Crippen LogP contribution in [0.2, 0.25) is 0 Å². The molecular formula is C7H4N2O5S. The molecule has 0 aromatic heterocycles. The summed E-state index contributed by atoms with van der Waals surface area (Å²) in [6, 6.07) is 4.00. The predicted octanol–water partition coefficient (Wildman–Crippen LogP) is 0.619. The Kier molecular flexibility index (Phi) is 2.93. The zero-order valence-electron chi connectivity index (χ0n) is 7.15. The van der Waals surface area contributed by atoms with Crippen molar-refractivity contribution in [2.45, 2.75) is 4.90 Å². The molecule has 0 saturated heterocycles. The summed E-state index contributed by atoms with van der Waals surface area (Å²) in [5, 5.41) is 10.3. The second kappa shape index (κ2) is 3.99. The first-order chi connectivity index (χ1) is 6.97. The zero-order valence-corrected chi connectivity index (χ0v) is 7.97. The molecule has 0 bridgehead atoms. The van der Waals surface area contributed by atoms with Crippen molar-refractivity contribution in [1.29, 1.82) is 0 Å². The van der Waals surface area contributed by atoms with Crippen molar-refractivity contribution in [2.24, 2.45) is 4.40 Å². The van der Waals surface area contributed by atoms with Gasteiger partial charge >= 0.3 is 0 Å². The molecule has 0 aliphatic carbocycles. The van der Waals surface area contributed by atoms with E-state index in [9.17, 15) is 23.3 Å². The molecule has 0 spiro atoms. The summed E-state index contributed by atoms with van der Waals surface area (Å²) in [6.45, 7) is 0. The number of hydrogen-bond donors (Lipinski definition) is 0. The van der Waals surface area contributed by atoms with Crippen LogP contribution in [0.4, 0.5) is 5.69 Å². The molecule has 0 heterocycles. The fraction of sp³-hybridized carbons (Fsp3) is 0. The fourth-order valence-corrected chi connectivity index (χ4v) is 1.53. The van der Waals surface area contributed by atoms with Gasteiger partial charge in [-0.1, -0.05) is 4.40 Å². The maximum Gasteiger partial charge on any atom is 0.292 e. The molecule has 0 radical (unpaired) electrons. The van der Waals surface area contributed by atoms with E-state index in [0.29, 0.717) is 0 Å². The number of carbonyl (C=O) groups excluding carboxylic acids is 1. The molecule has 1 aromatic rings. The Morgan fingerprint density at radius 3 is 2.20 bits per heavy atom. The minimum Gasteiger partial charge on any atom is -0.258 e. The van der Waals surface area contributed by atoms with Gasteiger partial charge in [-0.2, -0.15) is 8.42 Å². The maximum atomic E-state index is 11.1. The van der Waals surface area contributed by atoms with Crippen LogP contribution in [0, 0.1) is 10.1 Å². The number of isocyanates is 1. The van der Waals surface area contributed by atoms with Gasteiger partial charge in [0, 0.05) is 12.1 Å². The number of nitro groups is 1. The van der Waals surface area contributed by atoms with Crippen LogP contribution in [0.3, 0.4) is 0 Å². The fourth-order valence-electron chi connectivity index (χ4n) is 0.842. The molecule has 7 nitrogen and oxygen atoms in total. The number of rotatable bonds is 3. The van der Waals surface area contributed by atoms with Crippen LogP contribution in [0.25, 0.3) is 0 Å². The summed E-state index contributed by atoms with van der Waals surface area (Å²) < 4.78 is 24.8. The average molecular weight is 228 g/mol. The SMILES string of the molecule is O=C=NS(=O)(=O)c1ccc([N+](=O)[O-])cc1. The summed E-state index contributed by atoms with van der Waals surface area (Å²) in [7, 11) is -4.07. The summed E-state index contributed by atoms with van der Waals surface area (Å²) >= 11 is 0. The highest BCUT2D eigenvalue weighted by Gasteiger charge is 2.14. The van der Waals surface area contributed by atoms with E-state index in [1.807, 2.05) is 0 Å². The first kappa shape index (κ1) is 11.0. The van der Waals surface area contributed by atoms with Crippen molar-refractivity contribution in [3.05, 3.63) is 34.4 Å². The van der Waals surface area contributed by atoms with Crippen molar-refractivity contribution in [3.63, 3.8) is 0 Å². The molecule has 15 heavy (non-hydrogen) atoms. The number of hydrogen-bond acceptors (Lipinski definition) is 5. The Labute approximate surface area is 84.3 Å². The van der Waals surface area contributed by atoms with Crippen LogP contribution in [-0.2, 0) is 14.8 Å². The third-order valence-electron chi connectivity index (χ3n) is 1.50. The molecule has 0 unspecified atom stereocenters. The van der Waals surface area contributed by atoms with Crippen LogP contribution in [0.1, 0.15) is 0 Å². The van der Waals surface area contributed by atoms with Crippen LogP contribution in [0.15, 0.2) is 33.6 Å². The lowest BCUT2D eigenvalue weighted by Crippen LogP contribution is -1.96. The van der Waals surface area contributed by atoms with Gasteiger partial charge in [0.2, 0.25) is 0 Å². The topological polar surface area (TPSA) is 107 Å². The van der Waals surface area contributed by atoms with Crippen molar-refractivity contribution < 1.29 is 18.1 Å². The molecule has 8 heteroatoms. The van der Waals surface area contributed by atoms with Gasteiger partial charge in [0.15, 0.2) is 0 Å². The minimum absolute atomic E-state index is 0.246. The van der Waals surface area contributed by atoms with Crippen LogP contribution in [-0.4, -0.2) is 19.4 Å². The highest BCUT2D eigenvalue weighted by atomic mass is 32.2. The second-order valence-electron chi connectivity index (χ2n) is 2.41. The molecule has 0 N–H and O–H groups in total. The van der Waals surface area contributed by atoms with Crippen molar-refractivity contribution >= 4 is 21.8 Å². The standard InChI is InChI=1S/C7H4N2O5S/c10-5-8-15(13,14)7-3-1-6(2-4-7)9(11)12/h1-4H. The molecule has 1 aromatic carbocycles. The smallest absolute Gasteiger partial charge is 0.258 e. The molecule has 1 rings (SSSR count). The lowest BCUT2D eigenvalue weighted by molar-refractivity contribution is -0.384. The van der Waals surface area contributed by atoms with Crippen molar-refractivity contribution in [2.75, 3.05) is 0 Å². The van der Waals surface area contributed by atoms with Gasteiger partial charge in [-0.05, 0) is 12.1 Å². The van der Waals surface area contributed by atoms with E-state index in [1.54, 1.807) is 0 Å². The van der Waals surface area contributed by atoms with Crippen molar-refractivity contribution in [1.82, 2.24) is 0 Å². The van der Waals surface area contributed by atoms with Crippen LogP contribution < -0.4 is 0 Å². The Morgan fingerprint density at radius 2 is 1.80 bits per heavy atom. The molecule has 0 atom stereocenters. The molecule has 0 aliphatic heterocycles. The summed E-state index contributed by atoms with van der Waals surface area (Å²) in [5.74, 6) is 0. The van der Waals surface area contributed by atoms with E-state index in [1.165, 1.54) is 0 Å². The second-order valence-corrected chi connectivity index (χ2v) is 4.01. The first-order valence-electron chi connectivity index (χ1n) is 3.56. The number of non-ortho nitro benzene ring substituents is 1. The predicted molar refractivity (Wildman–Crippen MR) is 48.4 cm³/mol. The monoisotopic (exact) mass is 228 g/mol. The van der Waals surface area contributed by atoms with E-state index in [4.69, 9.17) is 0 Å². The van der Waals surface area contributed by atoms with Gasteiger partial charge in [-0.25, -0.2) is 4.79 Å². The number of nitro benzene ring substituents is 1. The largest absolute Gasteiger partial charge is 0.292 e. The van der Waals surface area contributed by atoms with Crippen LogP contribution >= 0.6 is 0 Å². The minimum atomic E-state index is -4.07. The normalized spacial score (nSPS) is 10.4. The zero-order chi connectivity index (χ0) is 11.5. The van der Waals surface area contributed by atoms with E-state index in [2.05, 4.69) is 4.40 Å². The molecule has 0 aliphatic rings. The number of benzene rings is 1. The van der Waals surface area contributed by atoms with E-state index >= 15 is 0 Å². The van der Waals surface area contributed by atoms with E-state index in [0.717, 1.165) is 30.3 Å². The number of nitrogens with zero attached hydrogens (tertiary/aromatic N) is 2. The average Bonchev–Trinajstić information content (AvgIpc) is 2.18. The highest BCUT2D eigenvalue weighted by Crippen LogP contribution is 2.16. The van der Waals surface area contributed by atoms with Gasteiger partial charge in [-0.3, -0.25) is 10.1 Å². The third kappa shape index (κ3) is 2.46. The lowest BCUT2D eigenvalue weighted by Gasteiger charge is -1.95. The Hall–Kier alpha value is -2.05. The van der Waals surface area contributed by atoms with Gasteiger partial charge in [-0.15, -0.1) is 0 Å². The Balaban J connectivity index is 3.21. The molecule has 78 valence electrons. The van der Waals surface area contributed by atoms with E-state index in [-0.39, 0.29) is 10.6 Å². The first-order valence-corrected chi connectivity index (χ1v) is 5.00. The lowest BCUT2D eigenvalue weighted by atomic mass is 10.3. The third-order valence-corrected chi connectivity index (χ3v) is 2.69. The van der Waals surface area contributed by atoms with Gasteiger partial charge in [0.25, 0.3) is 21.8 Å². The maximum absolute atomic E-state index is 11.1. The van der Waals surface area contributed by atoms with E-state index < -0.39 is 14.9 Å². The quantitative estimate of drug-likeness (QED) is 0.326. The summed E-state index contributed by atoms with van der Waals surface area (Å²) in [4.78, 5) is 19.1.